The van der Waals surface area contributed by atoms with Gasteiger partial charge in [0.2, 0.25) is 11.8 Å². The van der Waals surface area contributed by atoms with Crippen molar-refractivity contribution in [2.45, 2.75) is 140 Å². The van der Waals surface area contributed by atoms with Crippen LogP contribution in [0, 0.1) is 41.4 Å². The largest absolute Gasteiger partial charge is 0.480 e. The topological polar surface area (TPSA) is 254 Å². The number of fused-ring (bicyclic) bond motifs is 2. The minimum atomic E-state index is -0.875. The summed E-state index contributed by atoms with van der Waals surface area (Å²) in [4.78, 5) is 74.1. The molecule has 0 aromatic heterocycles. The van der Waals surface area contributed by atoms with Gasteiger partial charge in [-0.25, -0.2) is 9.59 Å². The molecule has 8 fully saturated rings. The van der Waals surface area contributed by atoms with Crippen LogP contribution in [0.3, 0.4) is 0 Å². The van der Waals surface area contributed by atoms with Crippen LogP contribution in [-0.4, -0.2) is 167 Å². The predicted octanol–water partition coefficient (Wildman–Crippen LogP) is 1.50. The summed E-state index contributed by atoms with van der Waals surface area (Å²) in [6, 6.07) is -2.45. The van der Waals surface area contributed by atoms with Crippen molar-refractivity contribution in [2.75, 3.05) is 52.7 Å². The second kappa shape index (κ2) is 21.3. The molecule has 18 nitrogen and oxygen atoms in total. The minimum Gasteiger partial charge on any atom is -0.480 e. The van der Waals surface area contributed by atoms with Crippen molar-refractivity contribution >= 4 is 35.7 Å². The monoisotopic (exact) mass is 863 g/mol. The number of amides is 2. The van der Waals surface area contributed by atoms with Gasteiger partial charge in [0, 0.05) is 76.8 Å². The molecule has 2 amide bonds. The summed E-state index contributed by atoms with van der Waals surface area (Å²) in [5, 5.41) is 46.7. The first kappa shape index (κ1) is 47.1. The fraction of sp³-hybridized carbons (Fsp3) is 0.860. The molecule has 0 aromatic carbocycles. The molecule has 0 saturated carbocycles. The van der Waals surface area contributed by atoms with E-state index in [2.05, 4.69) is 22.9 Å². The van der Waals surface area contributed by atoms with Gasteiger partial charge in [0.05, 0.1) is 6.04 Å². The fourth-order valence-corrected chi connectivity index (χ4v) is 11.4. The highest BCUT2D eigenvalue weighted by Gasteiger charge is 2.52. The summed E-state index contributed by atoms with van der Waals surface area (Å²) in [5.74, 6) is -1.86. The van der Waals surface area contributed by atoms with Crippen LogP contribution in [0.5, 0.6) is 0 Å². The zero-order chi connectivity index (χ0) is 44.0. The Labute approximate surface area is 358 Å². The first-order valence-corrected chi connectivity index (χ1v) is 22.7. The van der Waals surface area contributed by atoms with E-state index >= 15 is 0 Å². The third-order valence-corrected chi connectivity index (χ3v) is 15.0. The van der Waals surface area contributed by atoms with Crippen molar-refractivity contribution in [2.24, 2.45) is 41.4 Å². The van der Waals surface area contributed by atoms with Crippen molar-refractivity contribution in [1.29, 1.82) is 0 Å². The van der Waals surface area contributed by atoms with E-state index in [1.807, 2.05) is 13.8 Å². The number of nitrogens with zero attached hydrogens (tertiary/aromatic N) is 2. The van der Waals surface area contributed by atoms with Crippen molar-refractivity contribution in [1.82, 2.24) is 25.8 Å². The van der Waals surface area contributed by atoms with Crippen LogP contribution in [-0.2, 0) is 43.0 Å². The smallest absolute Gasteiger partial charge is 0.326 e. The Morgan fingerprint density at radius 3 is 1.70 bits per heavy atom. The maximum Gasteiger partial charge on any atom is 0.326 e. The van der Waals surface area contributed by atoms with Gasteiger partial charge in [-0.05, 0) is 106 Å². The Hall–Kier alpha value is -3.42. The number of nitrogens with one attached hydrogen (secondary N) is 3. The van der Waals surface area contributed by atoms with E-state index in [1.165, 1.54) is 0 Å². The van der Waals surface area contributed by atoms with Gasteiger partial charge < -0.3 is 60.4 Å². The van der Waals surface area contributed by atoms with Gasteiger partial charge in [0.1, 0.15) is 24.2 Å². The number of hydrogen-bond donors (Lipinski definition) is 7. The van der Waals surface area contributed by atoms with Crippen LogP contribution in [0.2, 0.25) is 0 Å². The molecule has 8 aliphatic heterocycles. The highest BCUT2D eigenvalue weighted by Crippen LogP contribution is 2.42. The molecule has 8 rings (SSSR count). The van der Waals surface area contributed by atoms with E-state index in [9.17, 15) is 44.1 Å². The van der Waals surface area contributed by atoms with Crippen LogP contribution in [0.4, 0.5) is 0 Å². The van der Waals surface area contributed by atoms with Crippen molar-refractivity contribution in [3.63, 3.8) is 0 Å². The molecule has 0 spiro atoms. The quantitative estimate of drug-likeness (QED) is 0.164. The lowest BCUT2D eigenvalue weighted by atomic mass is 9.78. The number of rotatable bonds is 10. The third kappa shape index (κ3) is 11.0. The second-order valence-electron chi connectivity index (χ2n) is 18.8. The van der Waals surface area contributed by atoms with Crippen LogP contribution >= 0.6 is 0 Å². The Balaban J connectivity index is 0.000000153. The molecule has 8 saturated heterocycles. The van der Waals surface area contributed by atoms with Crippen LogP contribution in [0.25, 0.3) is 0 Å². The lowest BCUT2D eigenvalue weighted by Gasteiger charge is -2.42. The SMILES string of the molecule is C[C@@H]1C[C@@H](C(=O)O)N2C(=O)[C@@H](C3CCOCC3)CC[C@H]12.C[C@@H]1C[C@@H](C(=O)O)N2C(=O)[C@@H](C3CCOCC3)NC[C@H]12.C[C@@H]1C[C@@H](C(=O)O)N[C@@H]1CN[C@@H](C(=O)O)C1CCOCC1. The summed E-state index contributed by atoms with van der Waals surface area (Å²) < 4.78 is 16.0. The molecule has 8 heterocycles. The lowest BCUT2D eigenvalue weighted by molar-refractivity contribution is -0.156. The molecule has 344 valence electrons. The van der Waals surface area contributed by atoms with Crippen LogP contribution < -0.4 is 16.0 Å². The van der Waals surface area contributed by atoms with Gasteiger partial charge in [-0.15, -0.1) is 0 Å². The first-order chi connectivity index (χ1) is 29.2. The molecule has 0 bridgehead atoms. The maximum absolute atomic E-state index is 12.8. The molecule has 8 aliphatic rings. The van der Waals surface area contributed by atoms with E-state index in [4.69, 9.17) is 19.3 Å². The van der Waals surface area contributed by atoms with Gasteiger partial charge in [0.15, 0.2) is 0 Å². The van der Waals surface area contributed by atoms with E-state index in [-0.39, 0.29) is 65.6 Å². The van der Waals surface area contributed by atoms with E-state index in [1.54, 1.807) is 9.80 Å². The fourth-order valence-electron chi connectivity index (χ4n) is 11.4. The van der Waals surface area contributed by atoms with E-state index in [0.29, 0.717) is 70.6 Å². The summed E-state index contributed by atoms with van der Waals surface area (Å²) >= 11 is 0. The molecule has 0 aliphatic carbocycles. The summed E-state index contributed by atoms with van der Waals surface area (Å²) in [6.07, 6.45) is 8.72. The van der Waals surface area contributed by atoms with Crippen LogP contribution in [0.15, 0.2) is 0 Å². The minimum absolute atomic E-state index is 0.00668. The lowest BCUT2D eigenvalue weighted by Crippen LogP contribution is -2.64. The normalized spacial score (nSPS) is 36.5. The summed E-state index contributed by atoms with van der Waals surface area (Å²) in [6.45, 7) is 11.3. The molecule has 0 radical (unpaired) electrons. The Bertz CT molecular complexity index is 1480. The van der Waals surface area contributed by atoms with Crippen molar-refractivity contribution in [3.8, 4) is 0 Å². The standard InChI is InChI=1S/C15H23NO4.C14H24N2O5.C14H22N2O4/c1-9-8-13(15(18)19)16-12(9)3-2-11(14(16)17)10-4-6-20-7-5-10;1-8-6-10(13(17)18)16-11(8)7-15-12(14(19)20)9-2-4-21-5-3-9;1-8-6-10(14(18)19)16-11(8)7-15-12(13(16)17)9-2-4-20-5-3-9/h9-13H,2-8H2,1H3,(H,18,19);8-12,15-16H,2-7H2,1H3,(H,17,18)(H,19,20);8-12,15H,2-7H2,1H3,(H,18,19)/t9-,11-,12-,13+;2*8-,10+,11-,12-/m111/s1. The molecule has 18 heteroatoms. The number of carboxylic acid groups (broad SMARTS) is 4. The molecular formula is C43H69N5O13. The number of carbonyl (C=O) groups excluding carboxylic acids is 2. The number of hydrogen-bond acceptors (Lipinski definition) is 12. The van der Waals surface area contributed by atoms with Gasteiger partial charge in [0.25, 0.3) is 0 Å². The average Bonchev–Trinajstić information content (AvgIpc) is 3.92. The molecule has 7 N–H and O–H groups in total. The molecule has 12 atom stereocenters. The number of carbonyl (C=O) groups is 6. The zero-order valence-corrected chi connectivity index (χ0v) is 36.0. The average molecular weight is 864 g/mol. The van der Waals surface area contributed by atoms with Gasteiger partial charge >= 0.3 is 23.9 Å². The number of aliphatic carboxylic acids is 4. The summed E-state index contributed by atoms with van der Waals surface area (Å²) in [5.41, 5.74) is 0. The zero-order valence-electron chi connectivity index (χ0n) is 36.0. The summed E-state index contributed by atoms with van der Waals surface area (Å²) in [7, 11) is 0. The Kier molecular flexibility index (Phi) is 16.4. The van der Waals surface area contributed by atoms with Gasteiger partial charge in [-0.2, -0.15) is 0 Å². The Morgan fingerprint density at radius 2 is 1.18 bits per heavy atom. The number of ether oxygens (including phenoxy) is 3. The molecule has 61 heavy (non-hydrogen) atoms. The van der Waals surface area contributed by atoms with E-state index < -0.39 is 48.0 Å². The van der Waals surface area contributed by atoms with Gasteiger partial charge in [-0.3, -0.25) is 19.2 Å². The van der Waals surface area contributed by atoms with E-state index in [0.717, 1.165) is 64.6 Å². The predicted molar refractivity (Wildman–Crippen MR) is 218 cm³/mol. The highest BCUT2D eigenvalue weighted by atomic mass is 16.5. The number of piperazine rings is 1. The molecule has 0 aromatic rings. The van der Waals surface area contributed by atoms with Gasteiger partial charge in [-0.1, -0.05) is 20.8 Å². The highest BCUT2D eigenvalue weighted by molar-refractivity contribution is 5.89. The molecule has 0 unspecified atom stereocenters. The van der Waals surface area contributed by atoms with Crippen molar-refractivity contribution < 1.29 is 63.4 Å². The first-order valence-electron chi connectivity index (χ1n) is 22.7. The molecular weight excluding hydrogens is 794 g/mol. The van der Waals surface area contributed by atoms with Crippen LogP contribution in [0.1, 0.15) is 91.4 Å². The maximum atomic E-state index is 12.8. The third-order valence-electron chi connectivity index (χ3n) is 15.0. The number of piperidine rings is 1. The second-order valence-corrected chi connectivity index (χ2v) is 18.8. The Morgan fingerprint density at radius 1 is 0.656 bits per heavy atom. The van der Waals surface area contributed by atoms with Crippen molar-refractivity contribution in [3.05, 3.63) is 0 Å². The number of carboxylic acids is 4.